The van der Waals surface area contributed by atoms with Gasteiger partial charge in [-0.25, -0.2) is 9.18 Å². The molecule has 0 atom stereocenters. The van der Waals surface area contributed by atoms with E-state index in [4.69, 9.17) is 5.11 Å². The quantitative estimate of drug-likeness (QED) is 0.447. The second-order valence-corrected chi connectivity index (χ2v) is 4.26. The van der Waals surface area contributed by atoms with E-state index in [0.29, 0.717) is 25.6 Å². The number of nitro groups is 1. The van der Waals surface area contributed by atoms with Gasteiger partial charge in [0, 0.05) is 13.6 Å². The molecule has 0 saturated carbocycles. The van der Waals surface area contributed by atoms with Gasteiger partial charge >= 0.3 is 5.97 Å². The molecule has 2 N–H and O–H groups in total. The van der Waals surface area contributed by atoms with Crippen LogP contribution in [-0.2, 0) is 0 Å². The van der Waals surface area contributed by atoms with Gasteiger partial charge in [-0.3, -0.25) is 10.1 Å². The third kappa shape index (κ3) is 3.64. The molecule has 1 rings (SSSR count). The molecule has 0 amide bonds. The van der Waals surface area contributed by atoms with E-state index in [-0.39, 0.29) is 5.69 Å². The lowest BCUT2D eigenvalue weighted by atomic mass is 10.1. The van der Waals surface area contributed by atoms with E-state index in [9.17, 15) is 19.3 Å². The van der Waals surface area contributed by atoms with Crippen LogP contribution in [0.3, 0.4) is 0 Å². The summed E-state index contributed by atoms with van der Waals surface area (Å²) >= 11 is 0. The Hall–Kier alpha value is -2.22. The highest BCUT2D eigenvalue weighted by molar-refractivity contribution is 5.90. The molecule has 0 heterocycles. The summed E-state index contributed by atoms with van der Waals surface area (Å²) in [6.07, 6.45) is 0.712. The van der Waals surface area contributed by atoms with Crippen LogP contribution < -0.4 is 10.2 Å². The molecule has 1 aromatic rings. The smallest absolute Gasteiger partial charge is 0.338 e. The van der Waals surface area contributed by atoms with Gasteiger partial charge in [0.2, 0.25) is 0 Å². The van der Waals surface area contributed by atoms with Crippen LogP contribution in [0.1, 0.15) is 16.8 Å². The number of nitrogens with zero attached hydrogens (tertiary/aromatic N) is 2. The second-order valence-electron chi connectivity index (χ2n) is 4.26. The number of rotatable bonds is 7. The van der Waals surface area contributed by atoms with Crippen molar-refractivity contribution in [1.29, 1.82) is 0 Å². The third-order valence-electron chi connectivity index (χ3n) is 2.82. The predicted octanol–water partition coefficient (Wildman–Crippen LogP) is 1.48. The van der Waals surface area contributed by atoms with E-state index in [0.717, 1.165) is 6.07 Å². The van der Waals surface area contributed by atoms with Gasteiger partial charge in [0.05, 0.1) is 16.6 Å². The fourth-order valence-corrected chi connectivity index (χ4v) is 1.78. The van der Waals surface area contributed by atoms with Gasteiger partial charge in [-0.05, 0) is 26.1 Å². The van der Waals surface area contributed by atoms with Crippen LogP contribution in [0.2, 0.25) is 0 Å². The van der Waals surface area contributed by atoms with Crippen LogP contribution in [0, 0.1) is 15.9 Å². The Kier molecular flexibility index (Phi) is 5.39. The molecule has 0 bridgehead atoms. The van der Waals surface area contributed by atoms with E-state index in [2.05, 4.69) is 5.32 Å². The minimum absolute atomic E-state index is 0.0879. The summed E-state index contributed by atoms with van der Waals surface area (Å²) in [5, 5.41) is 22.8. The SMILES string of the molecule is CNCCCN(C)c1cc(C(=O)O)c(F)cc1[N+](=O)[O-]. The van der Waals surface area contributed by atoms with Crippen molar-refractivity contribution in [3.63, 3.8) is 0 Å². The Balaban J connectivity index is 3.16. The Morgan fingerprint density at radius 1 is 1.55 bits per heavy atom. The number of anilines is 1. The number of benzene rings is 1. The highest BCUT2D eigenvalue weighted by atomic mass is 19.1. The first-order valence-corrected chi connectivity index (χ1v) is 5.95. The first kappa shape index (κ1) is 15.8. The van der Waals surface area contributed by atoms with Crippen molar-refractivity contribution in [2.45, 2.75) is 6.42 Å². The maximum absolute atomic E-state index is 13.5. The fourth-order valence-electron chi connectivity index (χ4n) is 1.78. The van der Waals surface area contributed by atoms with Crippen molar-refractivity contribution in [3.05, 3.63) is 33.6 Å². The van der Waals surface area contributed by atoms with Gasteiger partial charge in [0.15, 0.2) is 0 Å². The lowest BCUT2D eigenvalue weighted by Crippen LogP contribution is -2.23. The number of nitrogens with one attached hydrogen (secondary N) is 1. The largest absolute Gasteiger partial charge is 0.478 e. The second kappa shape index (κ2) is 6.80. The predicted molar refractivity (Wildman–Crippen MR) is 71.8 cm³/mol. The topological polar surface area (TPSA) is 95.7 Å². The van der Waals surface area contributed by atoms with Crippen LogP contribution in [-0.4, -0.2) is 43.2 Å². The summed E-state index contributed by atoms with van der Waals surface area (Å²) in [5.41, 5.74) is -0.935. The molecule has 1 aromatic carbocycles. The summed E-state index contributed by atoms with van der Waals surface area (Å²) in [4.78, 5) is 22.7. The van der Waals surface area contributed by atoms with Gasteiger partial charge in [-0.15, -0.1) is 0 Å². The summed E-state index contributed by atoms with van der Waals surface area (Å²) in [6.45, 7) is 1.19. The maximum atomic E-state index is 13.5. The third-order valence-corrected chi connectivity index (χ3v) is 2.82. The minimum Gasteiger partial charge on any atom is -0.478 e. The van der Waals surface area contributed by atoms with Crippen molar-refractivity contribution < 1.29 is 19.2 Å². The number of carboxylic acids is 1. The molecule has 0 unspecified atom stereocenters. The number of nitro benzene ring substituents is 1. The van der Waals surface area contributed by atoms with Gasteiger partial charge in [-0.2, -0.15) is 0 Å². The molecule has 0 saturated heterocycles. The molecule has 0 aromatic heterocycles. The lowest BCUT2D eigenvalue weighted by molar-refractivity contribution is -0.384. The Morgan fingerprint density at radius 2 is 2.20 bits per heavy atom. The molecule has 0 spiro atoms. The van der Waals surface area contributed by atoms with E-state index in [1.54, 1.807) is 19.0 Å². The summed E-state index contributed by atoms with van der Waals surface area (Å²) in [5.74, 6) is -2.57. The molecule has 0 aliphatic rings. The molecule has 0 radical (unpaired) electrons. The zero-order valence-electron chi connectivity index (χ0n) is 11.2. The first-order valence-electron chi connectivity index (χ1n) is 5.95. The summed E-state index contributed by atoms with van der Waals surface area (Å²) in [6, 6.07) is 1.64. The molecular formula is C12H16FN3O4. The van der Waals surface area contributed by atoms with Crippen LogP contribution in [0.25, 0.3) is 0 Å². The Bertz CT molecular complexity index is 522. The maximum Gasteiger partial charge on any atom is 0.338 e. The molecule has 20 heavy (non-hydrogen) atoms. The average molecular weight is 285 g/mol. The van der Waals surface area contributed by atoms with E-state index < -0.39 is 28.0 Å². The molecular weight excluding hydrogens is 269 g/mol. The number of hydrogen-bond donors (Lipinski definition) is 2. The van der Waals surface area contributed by atoms with Crippen LogP contribution >= 0.6 is 0 Å². The zero-order chi connectivity index (χ0) is 15.3. The van der Waals surface area contributed by atoms with Crippen molar-refractivity contribution in [2.24, 2.45) is 0 Å². The molecule has 0 aliphatic carbocycles. The number of carbonyl (C=O) groups is 1. The normalized spacial score (nSPS) is 10.3. The molecule has 110 valence electrons. The number of halogens is 1. The summed E-state index contributed by atoms with van der Waals surface area (Å²) < 4.78 is 13.5. The van der Waals surface area contributed by atoms with Gasteiger partial charge in [0.1, 0.15) is 11.5 Å². The van der Waals surface area contributed by atoms with Crippen LogP contribution in [0.4, 0.5) is 15.8 Å². The van der Waals surface area contributed by atoms with Crippen molar-refractivity contribution in [1.82, 2.24) is 5.32 Å². The Labute approximate surface area is 115 Å². The highest BCUT2D eigenvalue weighted by Crippen LogP contribution is 2.30. The molecule has 0 aliphatic heterocycles. The number of aromatic carboxylic acids is 1. The van der Waals surface area contributed by atoms with Gasteiger partial charge in [-0.1, -0.05) is 0 Å². The molecule has 7 nitrogen and oxygen atoms in total. The van der Waals surface area contributed by atoms with Crippen molar-refractivity contribution in [2.75, 3.05) is 32.1 Å². The molecule has 0 fully saturated rings. The highest BCUT2D eigenvalue weighted by Gasteiger charge is 2.23. The van der Waals surface area contributed by atoms with E-state index in [1.165, 1.54) is 0 Å². The lowest BCUT2D eigenvalue weighted by Gasteiger charge is -2.19. The number of hydrogen-bond acceptors (Lipinski definition) is 5. The minimum atomic E-state index is -1.46. The summed E-state index contributed by atoms with van der Waals surface area (Å²) in [7, 11) is 3.38. The van der Waals surface area contributed by atoms with Crippen molar-refractivity contribution >= 4 is 17.3 Å². The Morgan fingerprint density at radius 3 is 2.70 bits per heavy atom. The fraction of sp³-hybridized carbons (Fsp3) is 0.417. The van der Waals surface area contributed by atoms with Crippen molar-refractivity contribution in [3.8, 4) is 0 Å². The monoisotopic (exact) mass is 285 g/mol. The average Bonchev–Trinajstić information content (AvgIpc) is 2.37. The standard InChI is InChI=1S/C12H16FN3O4/c1-14-4-3-5-15(2)10-6-8(12(17)18)9(13)7-11(10)16(19)20/h6-7,14H,3-5H2,1-2H3,(H,17,18). The van der Waals surface area contributed by atoms with Crippen LogP contribution in [0.15, 0.2) is 12.1 Å². The van der Waals surface area contributed by atoms with Gasteiger partial charge in [0.25, 0.3) is 5.69 Å². The first-order chi connectivity index (χ1) is 9.38. The van der Waals surface area contributed by atoms with E-state index in [1.807, 2.05) is 0 Å². The van der Waals surface area contributed by atoms with Gasteiger partial charge < -0.3 is 15.3 Å². The van der Waals surface area contributed by atoms with Crippen LogP contribution in [0.5, 0.6) is 0 Å². The molecule has 8 heteroatoms. The zero-order valence-corrected chi connectivity index (χ0v) is 11.2. The number of carboxylic acid groups (broad SMARTS) is 1. The van der Waals surface area contributed by atoms with E-state index >= 15 is 0 Å².